The molecule has 0 aliphatic carbocycles. The summed E-state index contributed by atoms with van der Waals surface area (Å²) < 4.78 is 190. The molecular formula is C59H62N3OPt-. The molecule has 0 aliphatic heterocycles. The van der Waals surface area contributed by atoms with Crippen molar-refractivity contribution in [3.63, 3.8) is 0 Å². The Morgan fingerprint density at radius 1 is 0.578 bits per heavy atom. The SMILES string of the molecule is [2H]c1c([2H])c(C(C([2H])([2H])[2H])(C([2H])([2H])[2H])C([2H])([2H])[2H])c([2H])c([2H])c1-c1ccnc(-c2[c-]c(-c3cccc4c3nc(-c3cc(C(C)(C)C)cc(C)c3O)n4-c3ccc(C(C([2H])([2H])[2H])(C([2H])([2H])[2H])C([2H])([2H])[2H])cc3-c3ccccc3)cc(C(C)(C)C)c2)c1.[Pt]. The van der Waals surface area contributed by atoms with Gasteiger partial charge in [0.1, 0.15) is 11.6 Å². The van der Waals surface area contributed by atoms with Crippen LogP contribution in [0.4, 0.5) is 0 Å². The van der Waals surface area contributed by atoms with Gasteiger partial charge in [-0.1, -0.05) is 179 Å². The van der Waals surface area contributed by atoms with E-state index >= 15 is 0 Å². The summed E-state index contributed by atoms with van der Waals surface area (Å²) in [7, 11) is 0. The van der Waals surface area contributed by atoms with Crippen LogP contribution in [0.1, 0.15) is 141 Å². The van der Waals surface area contributed by atoms with Crippen LogP contribution in [-0.4, -0.2) is 19.6 Å². The Kier molecular flexibility index (Phi) is 6.89. The van der Waals surface area contributed by atoms with Crippen molar-refractivity contribution in [3.8, 4) is 67.5 Å². The van der Waals surface area contributed by atoms with Crippen LogP contribution < -0.4 is 0 Å². The molecule has 0 aliphatic rings. The van der Waals surface area contributed by atoms with Gasteiger partial charge < -0.3 is 5.11 Å². The van der Waals surface area contributed by atoms with Gasteiger partial charge in [-0.3, -0.25) is 9.55 Å². The van der Waals surface area contributed by atoms with E-state index in [4.69, 9.17) is 35.1 Å². The van der Waals surface area contributed by atoms with Crippen molar-refractivity contribution in [3.05, 3.63) is 167 Å². The van der Waals surface area contributed by atoms with Gasteiger partial charge in [-0.15, -0.1) is 29.3 Å². The van der Waals surface area contributed by atoms with E-state index in [9.17, 15) is 5.11 Å². The van der Waals surface area contributed by atoms with Crippen molar-refractivity contribution in [1.29, 1.82) is 0 Å². The molecule has 0 fully saturated rings. The van der Waals surface area contributed by atoms with E-state index in [-0.39, 0.29) is 55.0 Å². The first kappa shape index (κ1) is 25.8. The van der Waals surface area contributed by atoms with E-state index in [1.54, 1.807) is 60.0 Å². The van der Waals surface area contributed by atoms with E-state index in [1.165, 1.54) is 36.5 Å². The van der Waals surface area contributed by atoms with Crippen LogP contribution in [0.2, 0.25) is 0 Å². The first-order chi connectivity index (χ1) is 38.8. The zero-order valence-corrected chi connectivity index (χ0v) is 38.8. The number of fused-ring (bicyclic) bond motifs is 1. The summed E-state index contributed by atoms with van der Waals surface area (Å²) in [6.45, 7) is -8.66. The zero-order valence-electron chi connectivity index (χ0n) is 58.5. The Hall–Kier alpha value is -5.57. The summed E-state index contributed by atoms with van der Waals surface area (Å²) >= 11 is 0. The predicted molar refractivity (Wildman–Crippen MR) is 266 cm³/mol. The number of rotatable bonds is 6. The van der Waals surface area contributed by atoms with Gasteiger partial charge in [-0.25, -0.2) is 4.98 Å². The summed E-state index contributed by atoms with van der Waals surface area (Å²) in [5.41, 5.74) is -4.73. The topological polar surface area (TPSA) is 50.9 Å². The molecule has 0 radical (unpaired) electrons. The van der Waals surface area contributed by atoms with E-state index in [1.807, 2.05) is 65.8 Å². The van der Waals surface area contributed by atoms with E-state index in [0.717, 1.165) is 11.1 Å². The third-order valence-corrected chi connectivity index (χ3v) is 11.2. The fourth-order valence-electron chi connectivity index (χ4n) is 7.60. The van der Waals surface area contributed by atoms with Crippen molar-refractivity contribution in [2.75, 3.05) is 0 Å². The largest absolute Gasteiger partial charge is 0.507 e. The second kappa shape index (κ2) is 17.1. The van der Waals surface area contributed by atoms with Crippen LogP contribution in [-0.2, 0) is 42.7 Å². The minimum Gasteiger partial charge on any atom is -0.507 e. The van der Waals surface area contributed by atoms with Crippen LogP contribution in [0.5, 0.6) is 5.75 Å². The summed E-state index contributed by atoms with van der Waals surface area (Å²) in [4.78, 5) is 9.99. The molecule has 64 heavy (non-hydrogen) atoms. The monoisotopic (exact) mass is 1050 g/mol. The van der Waals surface area contributed by atoms with Crippen LogP contribution in [0.15, 0.2) is 133 Å². The molecule has 4 nitrogen and oxygen atoms in total. The van der Waals surface area contributed by atoms with E-state index in [2.05, 4.69) is 11.1 Å². The zero-order chi connectivity index (χ0) is 63.7. The first-order valence-electron chi connectivity index (χ1n) is 31.5. The summed E-state index contributed by atoms with van der Waals surface area (Å²) in [5, 5.41) is 12.2. The summed E-state index contributed by atoms with van der Waals surface area (Å²) in [6, 6.07) is 27.5. The van der Waals surface area contributed by atoms with Crippen LogP contribution in [0.25, 0.3) is 72.7 Å². The fraction of sp³-hybridized carbons (Fsp3) is 0.288. The standard InChI is InChI=1S/C59H62N3O.Pt/c1-37-30-45(58(8,9)10)36-49(54(37)63)55-61-53-47(20-17-21-52(53)62(55)51-27-26-44(57(5,6)7)35-48(51)39-18-15-14-16-19-39)41-31-42(33-46(32-41)59(11,12)13)50-34-40(28-29-60-50)38-22-24-43(25-23-38)56(2,3)4;/h14-30,32-36,63H,1-13H3;/q-1;/i2D3,3D3,4D3,5D3,6D3,7D3,22D,23D,24D,25D;. The normalized spacial score (nSPS) is 18.6. The summed E-state index contributed by atoms with van der Waals surface area (Å²) in [5.74, 6) is 0.0708. The molecule has 2 heterocycles. The van der Waals surface area contributed by atoms with Crippen molar-refractivity contribution in [2.24, 2.45) is 0 Å². The van der Waals surface area contributed by atoms with Crippen LogP contribution in [0, 0.1) is 13.0 Å². The van der Waals surface area contributed by atoms with Crippen molar-refractivity contribution in [1.82, 2.24) is 14.5 Å². The second-order valence-corrected chi connectivity index (χ2v) is 18.1. The number of aryl methyl sites for hydroxylation is 1. The van der Waals surface area contributed by atoms with Crippen molar-refractivity contribution >= 4 is 11.0 Å². The van der Waals surface area contributed by atoms with Crippen molar-refractivity contribution < 1.29 is 56.3 Å². The van der Waals surface area contributed by atoms with E-state index < -0.39 is 104 Å². The molecule has 8 aromatic rings. The molecule has 5 heteroatoms. The number of nitrogens with zero attached hydrogens (tertiary/aromatic N) is 3. The smallest absolute Gasteiger partial charge is 0.148 e. The number of aromatic hydroxyl groups is 1. The van der Waals surface area contributed by atoms with Gasteiger partial charge in [0.05, 0.1) is 27.8 Å². The van der Waals surface area contributed by atoms with Crippen molar-refractivity contribution in [2.45, 2.75) is 111 Å². The molecule has 2 aromatic heterocycles. The fourth-order valence-corrected chi connectivity index (χ4v) is 7.60. The molecule has 0 saturated carbocycles. The summed E-state index contributed by atoms with van der Waals surface area (Å²) in [6.07, 6.45) is 1.34. The van der Waals surface area contributed by atoms with Gasteiger partial charge in [-0.2, -0.15) is 0 Å². The average molecular weight is 1050 g/mol. The molecule has 330 valence electrons. The minimum absolute atomic E-state index is 0. The molecule has 8 rings (SSSR count). The number of aromatic nitrogens is 3. The number of benzene rings is 6. The quantitative estimate of drug-likeness (QED) is 0.169. The number of pyridine rings is 1. The molecule has 0 saturated heterocycles. The van der Waals surface area contributed by atoms with Gasteiger partial charge >= 0.3 is 0 Å². The third kappa shape index (κ3) is 9.18. The van der Waals surface area contributed by atoms with Crippen LogP contribution >= 0.6 is 0 Å². The van der Waals surface area contributed by atoms with Gasteiger partial charge in [0, 0.05) is 63.2 Å². The average Bonchev–Trinajstić information content (AvgIpc) is 0.834. The molecule has 0 atom stereocenters. The first-order valence-corrected chi connectivity index (χ1v) is 20.5. The molecule has 0 unspecified atom stereocenters. The van der Waals surface area contributed by atoms with Gasteiger partial charge in [0.15, 0.2) is 0 Å². The second-order valence-electron chi connectivity index (χ2n) is 18.1. The number of hydrogen-bond acceptors (Lipinski definition) is 3. The number of phenolic OH excluding ortho intramolecular Hbond substituents is 1. The Balaban J connectivity index is 0.0000106. The third-order valence-electron chi connectivity index (χ3n) is 11.2. The molecular weight excluding hydrogens is 962 g/mol. The molecule has 0 bridgehead atoms. The number of imidazole rings is 1. The Bertz CT molecular complexity index is 3810. The van der Waals surface area contributed by atoms with E-state index in [0.29, 0.717) is 44.5 Å². The maximum Gasteiger partial charge on any atom is 0.148 e. The van der Waals surface area contributed by atoms with Gasteiger partial charge in [-0.05, 0) is 97.9 Å². The molecule has 1 N–H and O–H groups in total. The molecule has 0 amide bonds. The maximum atomic E-state index is 12.2. The predicted octanol–water partition coefficient (Wildman–Crippen LogP) is 15.8. The molecule has 0 spiro atoms. The number of para-hydroxylation sites is 1. The molecule has 6 aromatic carbocycles. The number of phenols is 1. The Morgan fingerprint density at radius 2 is 1.22 bits per heavy atom. The van der Waals surface area contributed by atoms with Gasteiger partial charge in [0.2, 0.25) is 0 Å². The van der Waals surface area contributed by atoms with Crippen LogP contribution in [0.3, 0.4) is 0 Å². The Morgan fingerprint density at radius 3 is 1.89 bits per heavy atom. The minimum atomic E-state index is -3.87. The number of hydrogen-bond donors (Lipinski definition) is 1. The maximum absolute atomic E-state index is 12.2. The van der Waals surface area contributed by atoms with Gasteiger partial charge in [0.25, 0.3) is 0 Å². The Labute approximate surface area is 427 Å².